The standard InChI is InChI=1S/C13H27NO/c1-2-3-4-5-6-7-9-14-10-8-13(11-14)12-15/h13,15H,2-12H2,1H3. The fourth-order valence-electron chi connectivity index (χ4n) is 2.38. The molecule has 0 aliphatic carbocycles. The monoisotopic (exact) mass is 213 g/mol. The maximum absolute atomic E-state index is 9.03. The summed E-state index contributed by atoms with van der Waals surface area (Å²) in [6, 6.07) is 0. The molecular formula is C13H27NO. The quantitative estimate of drug-likeness (QED) is 0.627. The molecule has 0 aromatic rings. The third-order valence-electron chi connectivity index (χ3n) is 3.46. The number of nitrogens with zero attached hydrogens (tertiary/aromatic N) is 1. The van der Waals surface area contributed by atoms with Crippen LogP contribution in [-0.2, 0) is 0 Å². The largest absolute Gasteiger partial charge is 0.396 e. The molecule has 0 bridgehead atoms. The van der Waals surface area contributed by atoms with Crippen molar-refractivity contribution in [3.8, 4) is 0 Å². The zero-order valence-corrected chi connectivity index (χ0v) is 10.2. The highest BCUT2D eigenvalue weighted by molar-refractivity contribution is 4.74. The lowest BCUT2D eigenvalue weighted by Crippen LogP contribution is -2.22. The van der Waals surface area contributed by atoms with Gasteiger partial charge >= 0.3 is 0 Å². The van der Waals surface area contributed by atoms with Crippen LogP contribution >= 0.6 is 0 Å². The lowest BCUT2D eigenvalue weighted by Gasteiger charge is -2.14. The maximum Gasteiger partial charge on any atom is 0.0471 e. The van der Waals surface area contributed by atoms with Gasteiger partial charge in [0.2, 0.25) is 0 Å². The topological polar surface area (TPSA) is 23.5 Å². The third-order valence-corrected chi connectivity index (χ3v) is 3.46. The Morgan fingerprint density at radius 2 is 1.87 bits per heavy atom. The Morgan fingerprint density at radius 1 is 1.13 bits per heavy atom. The van der Waals surface area contributed by atoms with E-state index in [1.807, 2.05) is 0 Å². The van der Waals surface area contributed by atoms with Gasteiger partial charge in [-0.05, 0) is 31.8 Å². The number of likely N-dealkylation sites (tertiary alicyclic amines) is 1. The number of hydrogen-bond acceptors (Lipinski definition) is 2. The predicted octanol–water partition coefficient (Wildman–Crippen LogP) is 2.66. The molecule has 1 unspecified atom stereocenters. The summed E-state index contributed by atoms with van der Waals surface area (Å²) in [5, 5.41) is 9.03. The van der Waals surface area contributed by atoms with Crippen molar-refractivity contribution in [3.63, 3.8) is 0 Å². The number of aliphatic hydroxyl groups excluding tert-OH is 1. The van der Waals surface area contributed by atoms with Crippen molar-refractivity contribution >= 4 is 0 Å². The first-order valence-electron chi connectivity index (χ1n) is 6.70. The van der Waals surface area contributed by atoms with Crippen molar-refractivity contribution in [2.75, 3.05) is 26.2 Å². The Bertz CT molecular complexity index is 149. The van der Waals surface area contributed by atoms with Crippen molar-refractivity contribution in [2.24, 2.45) is 5.92 Å². The Hall–Kier alpha value is -0.0800. The normalized spacial score (nSPS) is 22.4. The molecule has 90 valence electrons. The lowest BCUT2D eigenvalue weighted by atomic mass is 10.1. The van der Waals surface area contributed by atoms with E-state index >= 15 is 0 Å². The molecule has 1 aliphatic rings. The minimum Gasteiger partial charge on any atom is -0.396 e. The minimum atomic E-state index is 0.382. The molecule has 1 aliphatic heterocycles. The summed E-state index contributed by atoms with van der Waals surface area (Å²) in [5.74, 6) is 0.560. The van der Waals surface area contributed by atoms with E-state index in [0.29, 0.717) is 12.5 Å². The summed E-state index contributed by atoms with van der Waals surface area (Å²) < 4.78 is 0. The van der Waals surface area contributed by atoms with Gasteiger partial charge in [-0.1, -0.05) is 39.0 Å². The van der Waals surface area contributed by atoms with Crippen LogP contribution in [0.2, 0.25) is 0 Å². The van der Waals surface area contributed by atoms with Crippen LogP contribution in [0.5, 0.6) is 0 Å². The summed E-state index contributed by atoms with van der Waals surface area (Å²) in [4.78, 5) is 2.51. The van der Waals surface area contributed by atoms with Gasteiger partial charge in [0.1, 0.15) is 0 Å². The number of unbranched alkanes of at least 4 members (excludes halogenated alkanes) is 5. The molecule has 0 amide bonds. The molecule has 1 rings (SSSR count). The second-order valence-electron chi connectivity index (χ2n) is 4.91. The van der Waals surface area contributed by atoms with Gasteiger partial charge in [-0.2, -0.15) is 0 Å². The van der Waals surface area contributed by atoms with Crippen LogP contribution in [-0.4, -0.2) is 36.2 Å². The Balaban J connectivity index is 1.88. The Labute approximate surface area is 94.7 Å². The summed E-state index contributed by atoms with van der Waals surface area (Å²) >= 11 is 0. The molecule has 15 heavy (non-hydrogen) atoms. The van der Waals surface area contributed by atoms with Crippen molar-refractivity contribution < 1.29 is 5.11 Å². The van der Waals surface area contributed by atoms with Crippen molar-refractivity contribution in [1.29, 1.82) is 0 Å². The third kappa shape index (κ3) is 5.53. The molecule has 0 saturated carbocycles. The molecule has 1 atom stereocenters. The van der Waals surface area contributed by atoms with E-state index in [4.69, 9.17) is 5.11 Å². The van der Waals surface area contributed by atoms with Gasteiger partial charge in [0.05, 0.1) is 0 Å². The fraction of sp³-hybridized carbons (Fsp3) is 1.00. The molecule has 1 fully saturated rings. The van der Waals surface area contributed by atoms with E-state index in [1.54, 1.807) is 0 Å². The zero-order valence-electron chi connectivity index (χ0n) is 10.2. The summed E-state index contributed by atoms with van der Waals surface area (Å²) in [6.07, 6.45) is 9.50. The molecule has 0 spiro atoms. The molecule has 2 nitrogen and oxygen atoms in total. The molecular weight excluding hydrogens is 186 g/mol. The van der Waals surface area contributed by atoms with E-state index in [1.165, 1.54) is 58.0 Å². The van der Waals surface area contributed by atoms with Gasteiger partial charge in [0, 0.05) is 13.2 Å². The second-order valence-corrected chi connectivity index (χ2v) is 4.91. The van der Waals surface area contributed by atoms with Gasteiger partial charge in [0.15, 0.2) is 0 Å². The minimum absolute atomic E-state index is 0.382. The highest BCUT2D eigenvalue weighted by atomic mass is 16.3. The predicted molar refractivity (Wildman–Crippen MR) is 65.0 cm³/mol. The molecule has 1 saturated heterocycles. The van der Waals surface area contributed by atoms with E-state index in [0.717, 1.165) is 6.54 Å². The Kier molecular flexibility index (Phi) is 7.03. The van der Waals surface area contributed by atoms with Crippen molar-refractivity contribution in [2.45, 2.75) is 51.9 Å². The Morgan fingerprint density at radius 3 is 2.53 bits per heavy atom. The highest BCUT2D eigenvalue weighted by Gasteiger charge is 2.20. The lowest BCUT2D eigenvalue weighted by molar-refractivity contribution is 0.221. The van der Waals surface area contributed by atoms with Crippen molar-refractivity contribution in [1.82, 2.24) is 4.90 Å². The number of aliphatic hydroxyl groups is 1. The van der Waals surface area contributed by atoms with Gasteiger partial charge in [-0.3, -0.25) is 0 Å². The molecule has 2 heteroatoms. The first-order valence-corrected chi connectivity index (χ1v) is 6.70. The van der Waals surface area contributed by atoms with Crippen LogP contribution in [0.25, 0.3) is 0 Å². The highest BCUT2D eigenvalue weighted by Crippen LogP contribution is 2.16. The average Bonchev–Trinajstić information content (AvgIpc) is 2.71. The smallest absolute Gasteiger partial charge is 0.0471 e. The summed E-state index contributed by atoms with van der Waals surface area (Å²) in [6.45, 7) is 6.24. The average molecular weight is 213 g/mol. The van der Waals surface area contributed by atoms with Gasteiger partial charge in [0.25, 0.3) is 0 Å². The molecule has 0 aromatic carbocycles. The maximum atomic E-state index is 9.03. The van der Waals surface area contributed by atoms with Crippen LogP contribution in [0.1, 0.15) is 51.9 Å². The van der Waals surface area contributed by atoms with Crippen LogP contribution in [0.15, 0.2) is 0 Å². The first kappa shape index (κ1) is 13.0. The first-order chi connectivity index (χ1) is 7.36. The molecule has 1 heterocycles. The number of rotatable bonds is 8. The number of hydrogen-bond donors (Lipinski definition) is 1. The zero-order chi connectivity index (χ0) is 10.9. The SMILES string of the molecule is CCCCCCCCN1CCC(CO)C1. The summed E-state index contributed by atoms with van der Waals surface area (Å²) in [7, 11) is 0. The van der Waals surface area contributed by atoms with Crippen LogP contribution in [0.3, 0.4) is 0 Å². The van der Waals surface area contributed by atoms with Gasteiger partial charge in [-0.25, -0.2) is 0 Å². The van der Waals surface area contributed by atoms with Crippen LogP contribution < -0.4 is 0 Å². The van der Waals surface area contributed by atoms with Gasteiger partial charge in [-0.15, -0.1) is 0 Å². The van der Waals surface area contributed by atoms with E-state index in [-0.39, 0.29) is 0 Å². The van der Waals surface area contributed by atoms with E-state index in [2.05, 4.69) is 11.8 Å². The second kappa shape index (κ2) is 8.12. The van der Waals surface area contributed by atoms with Crippen LogP contribution in [0.4, 0.5) is 0 Å². The van der Waals surface area contributed by atoms with Crippen molar-refractivity contribution in [3.05, 3.63) is 0 Å². The summed E-state index contributed by atoms with van der Waals surface area (Å²) in [5.41, 5.74) is 0. The molecule has 1 N–H and O–H groups in total. The van der Waals surface area contributed by atoms with Gasteiger partial charge < -0.3 is 10.0 Å². The molecule has 0 aromatic heterocycles. The van der Waals surface area contributed by atoms with Crippen LogP contribution in [0, 0.1) is 5.92 Å². The molecule has 0 radical (unpaired) electrons. The van der Waals surface area contributed by atoms with E-state index < -0.39 is 0 Å². The fourth-order valence-corrected chi connectivity index (χ4v) is 2.38. The van der Waals surface area contributed by atoms with E-state index in [9.17, 15) is 0 Å².